The third kappa shape index (κ3) is 4.32. The molecule has 6 heteroatoms. The molecule has 28 heavy (non-hydrogen) atoms. The quantitative estimate of drug-likeness (QED) is 0.831. The molecule has 2 unspecified atom stereocenters. The van der Waals surface area contributed by atoms with Gasteiger partial charge in [-0.05, 0) is 30.5 Å². The summed E-state index contributed by atoms with van der Waals surface area (Å²) in [4.78, 5) is 33.5. The Kier molecular flexibility index (Phi) is 5.55. The van der Waals surface area contributed by atoms with Crippen molar-refractivity contribution in [3.8, 4) is 0 Å². The lowest BCUT2D eigenvalue weighted by Gasteiger charge is -2.35. The highest BCUT2D eigenvalue weighted by molar-refractivity contribution is 5.92. The van der Waals surface area contributed by atoms with Gasteiger partial charge in [-0.1, -0.05) is 36.4 Å². The van der Waals surface area contributed by atoms with E-state index in [1.807, 2.05) is 41.3 Å². The highest BCUT2D eigenvalue weighted by Gasteiger charge is 2.49. The van der Waals surface area contributed by atoms with Gasteiger partial charge in [0.1, 0.15) is 5.82 Å². The third-order valence-corrected chi connectivity index (χ3v) is 5.56. The van der Waals surface area contributed by atoms with Crippen molar-refractivity contribution < 1.29 is 9.59 Å². The molecule has 2 aliphatic rings. The number of benzene rings is 1. The van der Waals surface area contributed by atoms with Gasteiger partial charge in [-0.2, -0.15) is 0 Å². The van der Waals surface area contributed by atoms with Gasteiger partial charge in [-0.3, -0.25) is 9.59 Å². The summed E-state index contributed by atoms with van der Waals surface area (Å²) in [6.07, 6.45) is 3.28. The van der Waals surface area contributed by atoms with E-state index in [0.717, 1.165) is 25.3 Å². The molecule has 6 nitrogen and oxygen atoms in total. The van der Waals surface area contributed by atoms with E-state index in [-0.39, 0.29) is 23.7 Å². The van der Waals surface area contributed by atoms with Crippen LogP contribution in [0.2, 0.25) is 0 Å². The van der Waals surface area contributed by atoms with E-state index in [2.05, 4.69) is 27.3 Å². The minimum atomic E-state index is -0.155. The Morgan fingerprint density at radius 2 is 1.71 bits per heavy atom. The average Bonchev–Trinajstić information content (AvgIpc) is 3.56. The van der Waals surface area contributed by atoms with Gasteiger partial charge in [0.2, 0.25) is 11.8 Å². The molecule has 2 atom stereocenters. The van der Waals surface area contributed by atoms with Gasteiger partial charge in [-0.25, -0.2) is 4.98 Å². The average molecular weight is 378 g/mol. The molecule has 1 aromatic carbocycles. The van der Waals surface area contributed by atoms with Crippen LogP contribution in [0.15, 0.2) is 54.7 Å². The molecule has 1 aliphatic carbocycles. The Morgan fingerprint density at radius 3 is 2.43 bits per heavy atom. The van der Waals surface area contributed by atoms with Crippen LogP contribution in [0.4, 0.5) is 5.82 Å². The molecule has 1 aliphatic heterocycles. The summed E-state index contributed by atoms with van der Waals surface area (Å²) in [7, 11) is 0. The van der Waals surface area contributed by atoms with Crippen LogP contribution in [-0.4, -0.2) is 54.4 Å². The Balaban J connectivity index is 1.20. The van der Waals surface area contributed by atoms with E-state index in [1.165, 1.54) is 5.56 Å². The van der Waals surface area contributed by atoms with Gasteiger partial charge in [0.25, 0.3) is 0 Å². The molecule has 2 amide bonds. The summed E-state index contributed by atoms with van der Waals surface area (Å²) in [6, 6.07) is 16.0. The fourth-order valence-corrected chi connectivity index (χ4v) is 3.79. The largest absolute Gasteiger partial charge is 0.356 e. The lowest BCUT2D eigenvalue weighted by molar-refractivity contribution is -0.135. The molecule has 1 saturated heterocycles. The van der Waals surface area contributed by atoms with Crippen LogP contribution in [0.3, 0.4) is 0 Å². The first kappa shape index (κ1) is 18.5. The van der Waals surface area contributed by atoms with Crippen molar-refractivity contribution in [3.05, 3.63) is 60.3 Å². The number of anilines is 1. The zero-order valence-electron chi connectivity index (χ0n) is 16.0. The molecule has 2 aromatic rings. The van der Waals surface area contributed by atoms with Gasteiger partial charge in [0.05, 0.1) is 11.8 Å². The van der Waals surface area contributed by atoms with Crippen LogP contribution in [0.25, 0.3) is 0 Å². The second-order valence-corrected chi connectivity index (χ2v) is 7.48. The van der Waals surface area contributed by atoms with E-state index < -0.39 is 0 Å². The zero-order valence-corrected chi connectivity index (χ0v) is 16.0. The summed E-state index contributed by atoms with van der Waals surface area (Å²) >= 11 is 0. The summed E-state index contributed by atoms with van der Waals surface area (Å²) in [5.74, 6) is 0.803. The first-order chi connectivity index (χ1) is 13.7. The topological polar surface area (TPSA) is 65.5 Å². The molecule has 0 radical (unpaired) electrons. The van der Waals surface area contributed by atoms with E-state index in [9.17, 15) is 9.59 Å². The Hall–Kier alpha value is -2.89. The molecule has 2 fully saturated rings. The van der Waals surface area contributed by atoms with E-state index in [1.54, 1.807) is 6.20 Å². The number of nitrogens with one attached hydrogen (secondary N) is 1. The van der Waals surface area contributed by atoms with Crippen molar-refractivity contribution >= 4 is 17.6 Å². The second kappa shape index (κ2) is 8.42. The predicted octanol–water partition coefficient (Wildman–Crippen LogP) is 1.73. The maximum atomic E-state index is 12.7. The van der Waals surface area contributed by atoms with Crippen LogP contribution in [0, 0.1) is 11.8 Å². The molecule has 146 valence electrons. The molecule has 1 saturated carbocycles. The summed E-state index contributed by atoms with van der Waals surface area (Å²) in [5.41, 5.74) is 1.21. The second-order valence-electron chi connectivity index (χ2n) is 7.48. The summed E-state index contributed by atoms with van der Waals surface area (Å²) < 4.78 is 0. The molecular weight excluding hydrogens is 352 g/mol. The number of carbonyl (C=O) groups excluding carboxylic acids is 2. The SMILES string of the molecule is O=C(NCCc1ccccc1)C1CC1C(=O)N1CCN(c2ccccn2)CC1. The van der Waals surface area contributed by atoms with Gasteiger partial charge in [-0.15, -0.1) is 0 Å². The standard InChI is InChI=1S/C22H26N4O2/c27-21(24-11-9-17-6-2-1-3-7-17)18-16-19(18)22(28)26-14-12-25(13-15-26)20-8-4-5-10-23-20/h1-8,10,18-19H,9,11-16H2,(H,24,27). The van der Waals surface area contributed by atoms with Crippen molar-refractivity contribution in [1.29, 1.82) is 0 Å². The number of pyridine rings is 1. The van der Waals surface area contributed by atoms with Crippen molar-refractivity contribution in [1.82, 2.24) is 15.2 Å². The maximum absolute atomic E-state index is 12.7. The maximum Gasteiger partial charge on any atom is 0.226 e. The van der Waals surface area contributed by atoms with Crippen LogP contribution in [0.1, 0.15) is 12.0 Å². The zero-order chi connectivity index (χ0) is 19.3. The van der Waals surface area contributed by atoms with E-state index >= 15 is 0 Å². The lowest BCUT2D eigenvalue weighted by Crippen LogP contribution is -2.49. The molecule has 1 N–H and O–H groups in total. The number of rotatable bonds is 6. The predicted molar refractivity (Wildman–Crippen MR) is 108 cm³/mol. The number of carbonyl (C=O) groups is 2. The molecule has 2 heterocycles. The molecular formula is C22H26N4O2. The highest BCUT2D eigenvalue weighted by atomic mass is 16.2. The lowest BCUT2D eigenvalue weighted by atomic mass is 10.1. The Labute approximate surface area is 165 Å². The number of amides is 2. The Bertz CT molecular complexity index is 804. The highest BCUT2D eigenvalue weighted by Crippen LogP contribution is 2.40. The monoisotopic (exact) mass is 378 g/mol. The van der Waals surface area contributed by atoms with Crippen LogP contribution >= 0.6 is 0 Å². The number of hydrogen-bond acceptors (Lipinski definition) is 4. The number of piperazine rings is 1. The van der Waals surface area contributed by atoms with Gasteiger partial charge in [0.15, 0.2) is 0 Å². The molecule has 1 aromatic heterocycles. The molecule has 0 spiro atoms. The Morgan fingerprint density at radius 1 is 0.964 bits per heavy atom. The van der Waals surface area contributed by atoms with Gasteiger partial charge in [0, 0.05) is 38.9 Å². The van der Waals surface area contributed by atoms with Crippen molar-refractivity contribution in [2.45, 2.75) is 12.8 Å². The van der Waals surface area contributed by atoms with Crippen LogP contribution < -0.4 is 10.2 Å². The van der Waals surface area contributed by atoms with E-state index in [0.29, 0.717) is 26.1 Å². The smallest absolute Gasteiger partial charge is 0.226 e. The summed E-state index contributed by atoms with van der Waals surface area (Å²) in [5, 5.41) is 2.98. The first-order valence-electron chi connectivity index (χ1n) is 9.99. The van der Waals surface area contributed by atoms with Crippen LogP contribution in [-0.2, 0) is 16.0 Å². The minimum Gasteiger partial charge on any atom is -0.356 e. The van der Waals surface area contributed by atoms with Crippen molar-refractivity contribution in [2.24, 2.45) is 11.8 Å². The number of nitrogens with zero attached hydrogens (tertiary/aromatic N) is 3. The normalized spacial score (nSPS) is 21.3. The first-order valence-corrected chi connectivity index (χ1v) is 9.99. The molecule has 0 bridgehead atoms. The van der Waals surface area contributed by atoms with Gasteiger partial charge < -0.3 is 15.1 Å². The van der Waals surface area contributed by atoms with E-state index in [4.69, 9.17) is 0 Å². The van der Waals surface area contributed by atoms with Crippen molar-refractivity contribution in [3.63, 3.8) is 0 Å². The molecule has 4 rings (SSSR count). The van der Waals surface area contributed by atoms with Crippen molar-refractivity contribution in [2.75, 3.05) is 37.6 Å². The minimum absolute atomic E-state index is 0.0152. The fraction of sp³-hybridized carbons (Fsp3) is 0.409. The van der Waals surface area contributed by atoms with Crippen LogP contribution in [0.5, 0.6) is 0 Å². The fourth-order valence-electron chi connectivity index (χ4n) is 3.79. The number of aromatic nitrogens is 1. The number of hydrogen-bond donors (Lipinski definition) is 1. The third-order valence-electron chi connectivity index (χ3n) is 5.56. The van der Waals surface area contributed by atoms with Gasteiger partial charge >= 0.3 is 0 Å². The summed E-state index contributed by atoms with van der Waals surface area (Å²) in [6.45, 7) is 3.55.